The van der Waals surface area contributed by atoms with Gasteiger partial charge in [0.1, 0.15) is 4.83 Å². The van der Waals surface area contributed by atoms with Crippen molar-refractivity contribution in [2.75, 3.05) is 0 Å². The monoisotopic (exact) mass is 302 g/mol. The van der Waals surface area contributed by atoms with Crippen LogP contribution in [-0.4, -0.2) is 11.0 Å². The Bertz CT molecular complexity index is 157. The van der Waals surface area contributed by atoms with Crippen LogP contribution < -0.4 is 0 Å². The third-order valence-electron chi connectivity index (χ3n) is 2.67. The quantitative estimate of drug-likeness (QED) is 0.370. The Morgan fingerprint density at radius 1 is 0.875 bits per heavy atom. The summed E-state index contributed by atoms with van der Waals surface area (Å²) in [5.74, 6) is 0. The predicted octanol–water partition coefficient (Wildman–Crippen LogP) is 5.84. The van der Waals surface area contributed by atoms with E-state index in [2.05, 4.69) is 22.9 Å². The van der Waals surface area contributed by atoms with Gasteiger partial charge >= 0.3 is 6.18 Å². The third-order valence-corrected chi connectivity index (χ3v) is 3.64. The summed E-state index contributed by atoms with van der Waals surface area (Å²) in [7, 11) is 0. The summed E-state index contributed by atoms with van der Waals surface area (Å²) in [5.41, 5.74) is 0. The molecule has 0 N–H and O–H groups in total. The molecule has 0 radical (unpaired) electrons. The van der Waals surface area contributed by atoms with E-state index in [0.29, 0.717) is 6.42 Å². The fourth-order valence-electron chi connectivity index (χ4n) is 1.62. The molecule has 0 aromatic heterocycles. The smallest absolute Gasteiger partial charge is 0.170 e. The van der Waals surface area contributed by atoms with Crippen LogP contribution in [0.3, 0.4) is 0 Å². The Balaban J connectivity index is 3.21. The zero-order chi connectivity index (χ0) is 12.4. The molecule has 0 aromatic rings. The number of unbranched alkanes of at least 4 members (excludes halogenated alkanes) is 7. The fourth-order valence-corrected chi connectivity index (χ4v) is 1.94. The maximum atomic E-state index is 12.1. The molecular formula is C12H22BrF3. The van der Waals surface area contributed by atoms with E-state index in [4.69, 9.17) is 0 Å². The molecule has 0 aliphatic heterocycles. The molecule has 0 unspecified atom stereocenters. The average molecular weight is 303 g/mol. The van der Waals surface area contributed by atoms with Crippen molar-refractivity contribution >= 4 is 15.9 Å². The first-order valence-electron chi connectivity index (χ1n) is 6.19. The Labute approximate surface area is 105 Å². The molecule has 98 valence electrons. The lowest BCUT2D eigenvalue weighted by Gasteiger charge is -2.13. The van der Waals surface area contributed by atoms with E-state index in [1.165, 1.54) is 32.1 Å². The highest BCUT2D eigenvalue weighted by Crippen LogP contribution is 2.30. The van der Waals surface area contributed by atoms with E-state index in [9.17, 15) is 13.2 Å². The summed E-state index contributed by atoms with van der Waals surface area (Å²) in [6.07, 6.45) is 4.95. The number of alkyl halides is 4. The van der Waals surface area contributed by atoms with Gasteiger partial charge in [0.05, 0.1) is 0 Å². The average Bonchev–Trinajstić information content (AvgIpc) is 2.20. The topological polar surface area (TPSA) is 0 Å². The minimum atomic E-state index is -4.08. The number of rotatable bonds is 9. The molecule has 0 nitrogen and oxygen atoms in total. The molecule has 1 atom stereocenters. The molecule has 0 amide bonds. The van der Waals surface area contributed by atoms with Crippen LogP contribution in [0, 0.1) is 0 Å². The Hall–Kier alpha value is 0.270. The van der Waals surface area contributed by atoms with E-state index in [1.54, 1.807) is 0 Å². The lowest BCUT2D eigenvalue weighted by atomic mass is 10.1. The van der Waals surface area contributed by atoms with Crippen molar-refractivity contribution in [3.63, 3.8) is 0 Å². The van der Waals surface area contributed by atoms with Crippen LogP contribution in [-0.2, 0) is 0 Å². The van der Waals surface area contributed by atoms with E-state index >= 15 is 0 Å². The molecule has 0 saturated heterocycles. The van der Waals surface area contributed by atoms with E-state index < -0.39 is 11.0 Å². The summed E-state index contributed by atoms with van der Waals surface area (Å²) in [4.78, 5) is -1.32. The third kappa shape index (κ3) is 9.49. The van der Waals surface area contributed by atoms with Crippen LogP contribution in [0.5, 0.6) is 0 Å². The van der Waals surface area contributed by atoms with Gasteiger partial charge in [0.2, 0.25) is 0 Å². The second kappa shape index (κ2) is 9.32. The molecule has 0 fully saturated rings. The van der Waals surface area contributed by atoms with Gasteiger partial charge in [0, 0.05) is 0 Å². The van der Waals surface area contributed by atoms with Crippen molar-refractivity contribution in [3.8, 4) is 0 Å². The summed E-state index contributed by atoms with van der Waals surface area (Å²) >= 11 is 2.68. The number of hydrogen-bond acceptors (Lipinski definition) is 0. The first kappa shape index (κ1) is 16.3. The maximum Gasteiger partial charge on any atom is 0.401 e. The van der Waals surface area contributed by atoms with Crippen LogP contribution in [0.15, 0.2) is 0 Å². The van der Waals surface area contributed by atoms with E-state index in [1.807, 2.05) is 0 Å². The highest BCUT2D eigenvalue weighted by atomic mass is 79.9. The molecule has 0 saturated carbocycles. The molecule has 0 spiro atoms. The number of halogens is 4. The van der Waals surface area contributed by atoms with Crippen molar-refractivity contribution in [3.05, 3.63) is 0 Å². The van der Waals surface area contributed by atoms with Gasteiger partial charge in [-0.05, 0) is 6.42 Å². The second-order valence-electron chi connectivity index (χ2n) is 4.27. The zero-order valence-corrected chi connectivity index (χ0v) is 11.5. The van der Waals surface area contributed by atoms with Crippen LogP contribution in [0.1, 0.15) is 64.7 Å². The van der Waals surface area contributed by atoms with E-state index in [0.717, 1.165) is 12.8 Å². The van der Waals surface area contributed by atoms with Crippen molar-refractivity contribution in [2.45, 2.75) is 75.7 Å². The molecule has 0 rings (SSSR count). The predicted molar refractivity (Wildman–Crippen MR) is 66.0 cm³/mol. The highest BCUT2D eigenvalue weighted by molar-refractivity contribution is 9.09. The normalized spacial score (nSPS) is 14.1. The second-order valence-corrected chi connectivity index (χ2v) is 5.38. The van der Waals surface area contributed by atoms with Crippen molar-refractivity contribution < 1.29 is 13.2 Å². The molecule has 0 heterocycles. The standard InChI is InChI=1S/C12H22BrF3/c1-2-3-4-5-6-7-8-9-10-11(13)12(14,15)16/h11H,2-10H2,1H3/t11-/m0/s1. The van der Waals surface area contributed by atoms with Gasteiger partial charge in [-0.15, -0.1) is 0 Å². The molecule has 16 heavy (non-hydrogen) atoms. The maximum absolute atomic E-state index is 12.1. The van der Waals surface area contributed by atoms with Crippen molar-refractivity contribution in [1.82, 2.24) is 0 Å². The minimum absolute atomic E-state index is 0.207. The van der Waals surface area contributed by atoms with Gasteiger partial charge in [-0.3, -0.25) is 0 Å². The van der Waals surface area contributed by atoms with Gasteiger partial charge < -0.3 is 0 Å². The highest BCUT2D eigenvalue weighted by Gasteiger charge is 2.36. The SMILES string of the molecule is CCCCCCCCCC[C@H](Br)C(F)(F)F. The van der Waals surface area contributed by atoms with E-state index in [-0.39, 0.29) is 6.42 Å². The first-order chi connectivity index (χ1) is 7.48. The van der Waals surface area contributed by atoms with Crippen LogP contribution in [0.2, 0.25) is 0 Å². The summed E-state index contributed by atoms with van der Waals surface area (Å²) in [5, 5.41) is 0. The number of hydrogen-bond donors (Lipinski definition) is 0. The largest absolute Gasteiger partial charge is 0.401 e. The van der Waals surface area contributed by atoms with Gasteiger partial charge in [0.25, 0.3) is 0 Å². The lowest BCUT2D eigenvalue weighted by molar-refractivity contribution is -0.128. The van der Waals surface area contributed by atoms with Gasteiger partial charge in [-0.1, -0.05) is 74.2 Å². The fraction of sp³-hybridized carbons (Fsp3) is 1.00. The summed E-state index contributed by atoms with van der Waals surface area (Å²) in [6, 6.07) is 0. The van der Waals surface area contributed by atoms with Gasteiger partial charge in [0.15, 0.2) is 0 Å². The Kier molecular flexibility index (Phi) is 9.47. The molecule has 4 heteroatoms. The van der Waals surface area contributed by atoms with Crippen LogP contribution in [0.4, 0.5) is 13.2 Å². The minimum Gasteiger partial charge on any atom is -0.170 e. The van der Waals surface area contributed by atoms with Gasteiger partial charge in [-0.25, -0.2) is 0 Å². The van der Waals surface area contributed by atoms with Crippen LogP contribution in [0.25, 0.3) is 0 Å². The van der Waals surface area contributed by atoms with Crippen molar-refractivity contribution in [1.29, 1.82) is 0 Å². The molecule has 0 aliphatic rings. The van der Waals surface area contributed by atoms with Crippen LogP contribution >= 0.6 is 15.9 Å². The Morgan fingerprint density at radius 3 is 1.75 bits per heavy atom. The molecule has 0 aliphatic carbocycles. The van der Waals surface area contributed by atoms with Crippen molar-refractivity contribution in [2.24, 2.45) is 0 Å². The molecular weight excluding hydrogens is 281 g/mol. The van der Waals surface area contributed by atoms with Gasteiger partial charge in [-0.2, -0.15) is 13.2 Å². The first-order valence-corrected chi connectivity index (χ1v) is 7.10. The Morgan fingerprint density at radius 2 is 1.31 bits per heavy atom. The lowest BCUT2D eigenvalue weighted by Crippen LogP contribution is -2.22. The molecule has 0 bridgehead atoms. The zero-order valence-electron chi connectivity index (χ0n) is 9.95. The summed E-state index contributed by atoms with van der Waals surface area (Å²) in [6.45, 7) is 2.17. The molecule has 0 aromatic carbocycles. The summed E-state index contributed by atoms with van der Waals surface area (Å²) < 4.78 is 36.4.